The van der Waals surface area contributed by atoms with E-state index in [0.717, 1.165) is 83.5 Å². The van der Waals surface area contributed by atoms with Crippen molar-refractivity contribution in [2.24, 2.45) is 0 Å². The van der Waals surface area contributed by atoms with Crippen LogP contribution in [-0.2, 0) is 32.7 Å². The molecule has 0 spiro atoms. The Labute approximate surface area is 378 Å². The highest BCUT2D eigenvalue weighted by Gasteiger charge is 2.51. The van der Waals surface area contributed by atoms with E-state index < -0.39 is 75.7 Å². The summed E-state index contributed by atoms with van der Waals surface area (Å²) in [7, 11) is -5.13. The molecule has 0 heterocycles. The molecule has 63 heavy (non-hydrogen) atoms. The monoisotopic (exact) mass is 911 g/mol. The van der Waals surface area contributed by atoms with Crippen molar-refractivity contribution in [3.63, 3.8) is 0 Å². The Hall–Kier alpha value is -2.71. The summed E-state index contributed by atoms with van der Waals surface area (Å²) >= 11 is 0. The highest BCUT2D eigenvalue weighted by molar-refractivity contribution is 7.47. The van der Waals surface area contributed by atoms with E-state index >= 15 is 0 Å². The molecule has 0 aromatic heterocycles. The molecular weight excluding hydrogens is 828 g/mol. The molecule has 1 fully saturated rings. The number of allylic oxidation sites excluding steroid dienone is 11. The van der Waals surface area contributed by atoms with Gasteiger partial charge in [-0.3, -0.25) is 18.6 Å². The molecule has 0 bridgehead atoms. The molecule has 1 saturated carbocycles. The van der Waals surface area contributed by atoms with Crippen LogP contribution >= 0.6 is 7.82 Å². The smallest absolute Gasteiger partial charge is 0.462 e. The van der Waals surface area contributed by atoms with Crippen molar-refractivity contribution in [2.45, 2.75) is 210 Å². The van der Waals surface area contributed by atoms with Crippen molar-refractivity contribution in [3.8, 4) is 0 Å². The first-order valence-electron chi connectivity index (χ1n) is 23.7. The summed E-state index contributed by atoms with van der Waals surface area (Å²) in [4.78, 5) is 35.7. The quantitative estimate of drug-likeness (QED) is 0.0147. The maximum atomic E-state index is 12.8. The molecular formula is C49H83O13P. The summed E-state index contributed by atoms with van der Waals surface area (Å²) in [5, 5.41) is 50.2. The number of aliphatic hydroxyl groups excluding tert-OH is 5. The van der Waals surface area contributed by atoms with Crippen LogP contribution in [0.15, 0.2) is 73.4 Å². The lowest BCUT2D eigenvalue weighted by molar-refractivity contribution is -0.220. The number of carbonyl (C=O) groups excluding carboxylic acids is 2. The lowest BCUT2D eigenvalue weighted by atomic mass is 9.85. The van der Waals surface area contributed by atoms with E-state index in [1.54, 1.807) is 0 Å². The fourth-order valence-corrected chi connectivity index (χ4v) is 7.85. The van der Waals surface area contributed by atoms with Crippen molar-refractivity contribution in [1.82, 2.24) is 0 Å². The highest BCUT2D eigenvalue weighted by atomic mass is 31.2. The SMILES string of the molecule is C=CCCCCCCCCCCCCCCCC(=O)O[C@@H](COC(=O)CCCCC/C=C/C/C=C/C/C=C/C/C=C/C/C=C/CC)COP(=O)(O)OC1C(O)C(O)C(O)[C@H](O)C1O. The van der Waals surface area contributed by atoms with Gasteiger partial charge in [0.15, 0.2) is 6.10 Å². The summed E-state index contributed by atoms with van der Waals surface area (Å²) in [5.41, 5.74) is 0. The Kier molecular flexibility index (Phi) is 35.7. The lowest BCUT2D eigenvalue weighted by Gasteiger charge is -2.41. The lowest BCUT2D eigenvalue weighted by Crippen LogP contribution is -2.64. The van der Waals surface area contributed by atoms with Gasteiger partial charge in [0.25, 0.3) is 0 Å². The van der Waals surface area contributed by atoms with Gasteiger partial charge in [-0.05, 0) is 70.6 Å². The summed E-state index contributed by atoms with van der Waals surface area (Å²) in [6.07, 6.45) is 34.1. The number of hydrogen-bond donors (Lipinski definition) is 6. The van der Waals surface area contributed by atoms with Crippen LogP contribution in [-0.4, -0.2) is 98.3 Å². The average molecular weight is 911 g/mol. The molecule has 0 radical (unpaired) electrons. The van der Waals surface area contributed by atoms with Gasteiger partial charge in [-0.1, -0.05) is 151 Å². The van der Waals surface area contributed by atoms with E-state index in [1.807, 2.05) is 6.08 Å². The van der Waals surface area contributed by atoms with Gasteiger partial charge >= 0.3 is 19.8 Å². The summed E-state index contributed by atoms with van der Waals surface area (Å²) in [6, 6.07) is 0. The van der Waals surface area contributed by atoms with E-state index in [1.165, 1.54) is 51.4 Å². The van der Waals surface area contributed by atoms with Crippen LogP contribution in [0.1, 0.15) is 167 Å². The van der Waals surface area contributed by atoms with Gasteiger partial charge in [-0.15, -0.1) is 6.58 Å². The molecule has 1 rings (SSSR count). The molecule has 0 aromatic carbocycles. The molecule has 0 saturated heterocycles. The molecule has 0 aliphatic heterocycles. The van der Waals surface area contributed by atoms with Crippen LogP contribution in [0.4, 0.5) is 0 Å². The van der Waals surface area contributed by atoms with E-state index in [4.69, 9.17) is 18.5 Å². The topological polar surface area (TPSA) is 210 Å². The van der Waals surface area contributed by atoms with Crippen LogP contribution < -0.4 is 0 Å². The summed E-state index contributed by atoms with van der Waals surface area (Å²) in [5.74, 6) is -1.14. The zero-order chi connectivity index (χ0) is 46.4. The van der Waals surface area contributed by atoms with Gasteiger partial charge in [0.2, 0.25) is 0 Å². The van der Waals surface area contributed by atoms with Crippen molar-refractivity contribution in [3.05, 3.63) is 73.4 Å². The predicted octanol–water partition coefficient (Wildman–Crippen LogP) is 9.50. The maximum absolute atomic E-state index is 12.8. The predicted molar refractivity (Wildman–Crippen MR) is 249 cm³/mol. The molecule has 6 N–H and O–H groups in total. The zero-order valence-corrected chi connectivity index (χ0v) is 39.1. The molecule has 1 aliphatic carbocycles. The maximum Gasteiger partial charge on any atom is 0.472 e. The Bertz CT molecular complexity index is 1360. The number of unbranched alkanes of at least 4 members (excludes halogenated alkanes) is 16. The largest absolute Gasteiger partial charge is 0.472 e. The molecule has 13 nitrogen and oxygen atoms in total. The minimum atomic E-state index is -5.13. The van der Waals surface area contributed by atoms with Crippen molar-refractivity contribution < 1.29 is 63.1 Å². The van der Waals surface area contributed by atoms with Gasteiger partial charge in [-0.25, -0.2) is 4.57 Å². The first kappa shape index (κ1) is 58.3. The fraction of sp³-hybridized carbons (Fsp3) is 0.714. The van der Waals surface area contributed by atoms with Crippen molar-refractivity contribution >= 4 is 19.8 Å². The fourth-order valence-electron chi connectivity index (χ4n) is 6.88. The Morgan fingerprint density at radius 3 is 1.43 bits per heavy atom. The minimum Gasteiger partial charge on any atom is -0.462 e. The van der Waals surface area contributed by atoms with Crippen molar-refractivity contribution in [2.75, 3.05) is 13.2 Å². The third-order valence-corrected chi connectivity index (χ3v) is 11.7. The summed E-state index contributed by atoms with van der Waals surface area (Å²) in [6.45, 7) is 4.68. The second-order valence-electron chi connectivity index (χ2n) is 16.3. The number of hydrogen-bond acceptors (Lipinski definition) is 12. The van der Waals surface area contributed by atoms with Crippen LogP contribution in [0.3, 0.4) is 0 Å². The molecule has 6 unspecified atom stereocenters. The van der Waals surface area contributed by atoms with Crippen LogP contribution in [0.2, 0.25) is 0 Å². The molecule has 362 valence electrons. The van der Waals surface area contributed by atoms with E-state index in [9.17, 15) is 44.6 Å². The Balaban J connectivity index is 2.46. The molecule has 0 aromatic rings. The van der Waals surface area contributed by atoms with Gasteiger partial charge in [0.1, 0.15) is 43.2 Å². The van der Waals surface area contributed by atoms with Gasteiger partial charge in [-0.2, -0.15) is 0 Å². The van der Waals surface area contributed by atoms with E-state index in [2.05, 4.69) is 74.3 Å². The Morgan fingerprint density at radius 2 is 0.937 bits per heavy atom. The number of aliphatic hydroxyl groups is 5. The second kappa shape index (κ2) is 38.5. The standard InChI is InChI=1S/C49H83O13P/c1-3-5-7-9-11-13-15-17-19-20-21-22-24-25-27-29-31-33-35-37-42(50)59-39-41(40-60-63(57,58)62-49-47(55)45(53)44(52)46(54)48(49)56)61-43(51)38-36-34-32-30-28-26-23-18-16-14-12-10-8-6-4-2/h4-5,7,11,13,17,19,21-22,25,27,41,44-49,52-56H,2-3,6,8-10,12,14-16,18,20,23-24,26,28-40H2,1H3,(H,57,58)/b7-5+,13-11+,19-17+,22-21+,27-25+/t41-,44?,45-,46?,47?,48?,49?/m0/s1. The van der Waals surface area contributed by atoms with E-state index in [-0.39, 0.29) is 12.8 Å². The van der Waals surface area contributed by atoms with Crippen LogP contribution in [0, 0.1) is 0 Å². The summed E-state index contributed by atoms with van der Waals surface area (Å²) < 4.78 is 33.5. The van der Waals surface area contributed by atoms with Gasteiger partial charge in [0, 0.05) is 12.8 Å². The van der Waals surface area contributed by atoms with Gasteiger partial charge in [0.05, 0.1) is 6.61 Å². The number of ether oxygens (including phenoxy) is 2. The molecule has 14 heteroatoms. The Morgan fingerprint density at radius 1 is 0.540 bits per heavy atom. The first-order valence-corrected chi connectivity index (χ1v) is 25.2. The minimum absolute atomic E-state index is 0.0843. The second-order valence-corrected chi connectivity index (χ2v) is 17.7. The van der Waals surface area contributed by atoms with Crippen molar-refractivity contribution in [1.29, 1.82) is 0 Å². The third-order valence-electron chi connectivity index (χ3n) is 10.7. The number of phosphoric acid groups is 1. The van der Waals surface area contributed by atoms with Gasteiger partial charge < -0.3 is 39.9 Å². The first-order chi connectivity index (χ1) is 30.4. The third kappa shape index (κ3) is 31.0. The molecule has 1 aliphatic rings. The number of carbonyl (C=O) groups is 2. The normalized spacial score (nSPS) is 22.1. The number of rotatable bonds is 39. The van der Waals surface area contributed by atoms with E-state index in [0.29, 0.717) is 12.8 Å². The van der Waals surface area contributed by atoms with Crippen LogP contribution in [0.25, 0.3) is 0 Å². The zero-order valence-electron chi connectivity index (χ0n) is 38.2. The highest BCUT2D eigenvalue weighted by Crippen LogP contribution is 2.47. The molecule has 8 atom stereocenters. The van der Waals surface area contributed by atoms with Crippen LogP contribution in [0.5, 0.6) is 0 Å². The molecule has 0 amide bonds. The number of phosphoric ester groups is 1. The number of esters is 2. The average Bonchev–Trinajstić information content (AvgIpc) is 3.26.